The SMILES string of the molecule is CCCCCCCCCCCCCCCCOCOCCCCCCCCCCCCCCCC. The van der Waals surface area contributed by atoms with E-state index in [1.807, 2.05) is 0 Å². The highest BCUT2D eigenvalue weighted by Crippen LogP contribution is 2.14. The minimum Gasteiger partial charge on any atom is -0.355 e. The number of rotatable bonds is 32. The lowest BCUT2D eigenvalue weighted by Crippen LogP contribution is -2.03. The van der Waals surface area contributed by atoms with Crippen molar-refractivity contribution in [3.8, 4) is 0 Å². The topological polar surface area (TPSA) is 18.5 Å². The molecule has 0 N–H and O–H groups in total. The Bertz CT molecular complexity index is 312. The highest BCUT2D eigenvalue weighted by Gasteiger charge is 1.96. The van der Waals surface area contributed by atoms with Gasteiger partial charge in [-0.1, -0.05) is 181 Å². The molecule has 0 aliphatic rings. The predicted octanol–water partition coefficient (Wildman–Crippen LogP) is 11.9. The molecule has 0 aromatic heterocycles. The Kier molecular flexibility index (Phi) is 33.8. The van der Waals surface area contributed by atoms with E-state index in [9.17, 15) is 0 Å². The van der Waals surface area contributed by atoms with Gasteiger partial charge in [-0.05, 0) is 12.8 Å². The van der Waals surface area contributed by atoms with Crippen molar-refractivity contribution < 1.29 is 9.47 Å². The summed E-state index contributed by atoms with van der Waals surface area (Å²) in [6, 6.07) is 0. The first-order chi connectivity index (χ1) is 17.4. The maximum Gasteiger partial charge on any atom is 0.146 e. The normalized spacial score (nSPS) is 11.5. The van der Waals surface area contributed by atoms with Gasteiger partial charge in [0.2, 0.25) is 0 Å². The summed E-state index contributed by atoms with van der Waals surface area (Å²) < 4.78 is 11.3. The van der Waals surface area contributed by atoms with Crippen LogP contribution >= 0.6 is 0 Å². The van der Waals surface area contributed by atoms with Crippen LogP contribution in [0, 0.1) is 0 Å². The van der Waals surface area contributed by atoms with Crippen LogP contribution in [-0.2, 0) is 9.47 Å². The lowest BCUT2D eigenvalue weighted by atomic mass is 10.0. The Labute approximate surface area is 223 Å². The third-order valence-electron chi connectivity index (χ3n) is 7.45. The summed E-state index contributed by atoms with van der Waals surface area (Å²) in [6.45, 7) is 6.83. The summed E-state index contributed by atoms with van der Waals surface area (Å²) in [4.78, 5) is 0. The summed E-state index contributed by atoms with van der Waals surface area (Å²) in [5.41, 5.74) is 0. The molecule has 0 aliphatic carbocycles. The van der Waals surface area contributed by atoms with E-state index in [0.29, 0.717) is 6.79 Å². The molecule has 0 radical (unpaired) electrons. The molecule has 0 aromatic carbocycles. The maximum absolute atomic E-state index is 5.64. The van der Waals surface area contributed by atoms with Crippen LogP contribution < -0.4 is 0 Å². The molecule has 0 saturated heterocycles. The second kappa shape index (κ2) is 33.9. The molecule has 2 heteroatoms. The van der Waals surface area contributed by atoms with Crippen LogP contribution in [0.3, 0.4) is 0 Å². The molecule has 0 rings (SSSR count). The van der Waals surface area contributed by atoms with Crippen LogP contribution in [0.25, 0.3) is 0 Å². The van der Waals surface area contributed by atoms with E-state index >= 15 is 0 Å². The van der Waals surface area contributed by atoms with E-state index in [2.05, 4.69) is 13.8 Å². The van der Waals surface area contributed by atoms with Crippen molar-refractivity contribution in [1.82, 2.24) is 0 Å². The highest BCUT2D eigenvalue weighted by molar-refractivity contribution is 4.50. The van der Waals surface area contributed by atoms with Gasteiger partial charge in [-0.15, -0.1) is 0 Å². The van der Waals surface area contributed by atoms with Crippen LogP contribution in [0.15, 0.2) is 0 Å². The fourth-order valence-corrected chi connectivity index (χ4v) is 4.97. The average molecular weight is 497 g/mol. The monoisotopic (exact) mass is 497 g/mol. The molecular formula is C33H68O2. The van der Waals surface area contributed by atoms with E-state index in [1.54, 1.807) is 0 Å². The van der Waals surface area contributed by atoms with Gasteiger partial charge in [0.1, 0.15) is 6.79 Å². The Morgan fingerprint density at radius 2 is 0.457 bits per heavy atom. The average Bonchev–Trinajstić information content (AvgIpc) is 2.87. The molecule has 35 heavy (non-hydrogen) atoms. The van der Waals surface area contributed by atoms with Crippen molar-refractivity contribution in [2.24, 2.45) is 0 Å². The second-order valence-electron chi connectivity index (χ2n) is 11.1. The van der Waals surface area contributed by atoms with Crippen LogP contribution in [0.1, 0.15) is 194 Å². The fraction of sp³-hybridized carbons (Fsp3) is 1.00. The van der Waals surface area contributed by atoms with E-state index < -0.39 is 0 Å². The van der Waals surface area contributed by atoms with Gasteiger partial charge in [-0.2, -0.15) is 0 Å². The van der Waals surface area contributed by atoms with Crippen LogP contribution in [0.2, 0.25) is 0 Å². The number of ether oxygens (including phenoxy) is 2. The van der Waals surface area contributed by atoms with Crippen LogP contribution in [0.4, 0.5) is 0 Å². The highest BCUT2D eigenvalue weighted by atomic mass is 16.7. The summed E-state index contributed by atoms with van der Waals surface area (Å²) in [6.07, 6.45) is 39.4. The fourth-order valence-electron chi connectivity index (χ4n) is 4.97. The summed E-state index contributed by atoms with van der Waals surface area (Å²) in [7, 11) is 0. The molecule has 0 aliphatic heterocycles. The molecule has 0 amide bonds. The Morgan fingerprint density at radius 3 is 0.686 bits per heavy atom. The molecule has 2 nitrogen and oxygen atoms in total. The Morgan fingerprint density at radius 1 is 0.257 bits per heavy atom. The van der Waals surface area contributed by atoms with E-state index in [-0.39, 0.29) is 0 Å². The standard InChI is InChI=1S/C33H68O2/c1-3-5-7-9-11-13-15-17-19-21-23-25-27-29-31-34-33-35-32-30-28-26-24-22-20-18-16-14-12-10-8-6-4-2/h3-33H2,1-2H3. The van der Waals surface area contributed by atoms with Crippen molar-refractivity contribution in [2.45, 2.75) is 194 Å². The number of unbranched alkanes of at least 4 members (excludes halogenated alkanes) is 26. The first kappa shape index (κ1) is 34.9. The van der Waals surface area contributed by atoms with Gasteiger partial charge < -0.3 is 9.47 Å². The van der Waals surface area contributed by atoms with Gasteiger partial charge in [0.25, 0.3) is 0 Å². The second-order valence-corrected chi connectivity index (χ2v) is 11.1. The third kappa shape index (κ3) is 33.9. The van der Waals surface area contributed by atoms with E-state index in [1.165, 1.54) is 180 Å². The van der Waals surface area contributed by atoms with Gasteiger partial charge in [-0.25, -0.2) is 0 Å². The molecule has 0 heterocycles. The van der Waals surface area contributed by atoms with Crippen molar-refractivity contribution in [1.29, 1.82) is 0 Å². The Hall–Kier alpha value is -0.0800. The minimum absolute atomic E-state index is 0.497. The first-order valence-electron chi connectivity index (χ1n) is 16.6. The minimum atomic E-state index is 0.497. The van der Waals surface area contributed by atoms with Gasteiger partial charge in [0.15, 0.2) is 0 Å². The zero-order valence-electron chi connectivity index (χ0n) is 24.7. The summed E-state index contributed by atoms with van der Waals surface area (Å²) in [5.74, 6) is 0. The largest absolute Gasteiger partial charge is 0.355 e. The van der Waals surface area contributed by atoms with Gasteiger partial charge >= 0.3 is 0 Å². The molecule has 0 fully saturated rings. The molecule has 0 bridgehead atoms. The van der Waals surface area contributed by atoms with Gasteiger partial charge in [0, 0.05) is 13.2 Å². The van der Waals surface area contributed by atoms with Crippen molar-refractivity contribution in [2.75, 3.05) is 20.0 Å². The van der Waals surface area contributed by atoms with Crippen LogP contribution in [-0.4, -0.2) is 20.0 Å². The zero-order chi connectivity index (χ0) is 25.3. The Balaban J connectivity index is 3.00. The first-order valence-corrected chi connectivity index (χ1v) is 16.6. The number of hydrogen-bond donors (Lipinski definition) is 0. The van der Waals surface area contributed by atoms with Crippen molar-refractivity contribution >= 4 is 0 Å². The van der Waals surface area contributed by atoms with Crippen molar-refractivity contribution in [3.63, 3.8) is 0 Å². The zero-order valence-corrected chi connectivity index (χ0v) is 24.7. The molecular weight excluding hydrogens is 428 g/mol. The maximum atomic E-state index is 5.64. The van der Waals surface area contributed by atoms with Gasteiger partial charge in [-0.3, -0.25) is 0 Å². The summed E-state index contributed by atoms with van der Waals surface area (Å²) in [5, 5.41) is 0. The molecule has 0 aromatic rings. The van der Waals surface area contributed by atoms with E-state index in [4.69, 9.17) is 9.47 Å². The lowest BCUT2D eigenvalue weighted by Gasteiger charge is -2.06. The summed E-state index contributed by atoms with van der Waals surface area (Å²) >= 11 is 0. The van der Waals surface area contributed by atoms with E-state index in [0.717, 1.165) is 13.2 Å². The molecule has 212 valence electrons. The molecule has 0 unspecified atom stereocenters. The quantitative estimate of drug-likeness (QED) is 0.0680. The van der Waals surface area contributed by atoms with Gasteiger partial charge in [0.05, 0.1) is 0 Å². The predicted molar refractivity (Wildman–Crippen MR) is 157 cm³/mol. The molecule has 0 saturated carbocycles. The smallest absolute Gasteiger partial charge is 0.146 e. The number of hydrogen-bond acceptors (Lipinski definition) is 2. The molecule has 0 spiro atoms. The van der Waals surface area contributed by atoms with Crippen molar-refractivity contribution in [3.05, 3.63) is 0 Å². The third-order valence-corrected chi connectivity index (χ3v) is 7.45. The molecule has 0 atom stereocenters. The lowest BCUT2D eigenvalue weighted by molar-refractivity contribution is -0.0556. The van der Waals surface area contributed by atoms with Crippen LogP contribution in [0.5, 0.6) is 0 Å².